The molecule has 2 amide bonds. The van der Waals surface area contributed by atoms with Crippen molar-refractivity contribution in [1.82, 2.24) is 15.0 Å². The Hall–Kier alpha value is -3.15. The van der Waals surface area contributed by atoms with Crippen molar-refractivity contribution in [2.24, 2.45) is 0 Å². The molecular formula is C22H24N4O2. The van der Waals surface area contributed by atoms with Crippen molar-refractivity contribution in [3.63, 3.8) is 0 Å². The van der Waals surface area contributed by atoms with E-state index in [1.807, 2.05) is 59.5 Å². The third-order valence-corrected chi connectivity index (χ3v) is 5.22. The number of hydrogen-bond donors (Lipinski definition) is 1. The fourth-order valence-electron chi connectivity index (χ4n) is 3.46. The number of urea groups is 1. The van der Waals surface area contributed by atoms with Gasteiger partial charge in [-0.25, -0.2) is 4.79 Å². The van der Waals surface area contributed by atoms with Gasteiger partial charge in [0.2, 0.25) is 11.7 Å². The summed E-state index contributed by atoms with van der Waals surface area (Å²) in [5.74, 6) is 1.47. The van der Waals surface area contributed by atoms with E-state index in [4.69, 9.17) is 4.52 Å². The van der Waals surface area contributed by atoms with Gasteiger partial charge in [-0.05, 0) is 37.0 Å². The molecule has 1 N–H and O–H groups in total. The zero-order chi connectivity index (χ0) is 19.3. The van der Waals surface area contributed by atoms with Gasteiger partial charge in [0.15, 0.2) is 0 Å². The molecule has 6 nitrogen and oxygen atoms in total. The van der Waals surface area contributed by atoms with Crippen molar-refractivity contribution in [3.05, 3.63) is 66.1 Å². The summed E-state index contributed by atoms with van der Waals surface area (Å²) < 4.78 is 5.49. The summed E-state index contributed by atoms with van der Waals surface area (Å²) in [7, 11) is 0. The number of aromatic nitrogens is 2. The second-order valence-corrected chi connectivity index (χ2v) is 7.06. The largest absolute Gasteiger partial charge is 0.339 e. The highest BCUT2D eigenvalue weighted by atomic mass is 16.5. The SMILES string of the molecule is CCc1ccc(NC(=O)N2CCC(c3nc(-c4ccccc4)no3)CC2)cc1. The van der Waals surface area contributed by atoms with Crippen LogP contribution in [0, 0.1) is 0 Å². The minimum absolute atomic E-state index is 0.0572. The van der Waals surface area contributed by atoms with Crippen molar-refractivity contribution in [3.8, 4) is 11.4 Å². The molecule has 6 heteroatoms. The maximum Gasteiger partial charge on any atom is 0.321 e. The number of nitrogens with one attached hydrogen (secondary N) is 1. The zero-order valence-electron chi connectivity index (χ0n) is 16.0. The molecule has 0 bridgehead atoms. The smallest absolute Gasteiger partial charge is 0.321 e. The Labute approximate surface area is 164 Å². The molecule has 2 aromatic carbocycles. The maximum atomic E-state index is 12.5. The zero-order valence-corrected chi connectivity index (χ0v) is 16.0. The van der Waals surface area contributed by atoms with Crippen molar-refractivity contribution < 1.29 is 9.32 Å². The Morgan fingerprint density at radius 2 is 1.82 bits per heavy atom. The topological polar surface area (TPSA) is 71.3 Å². The van der Waals surface area contributed by atoms with Crippen LogP contribution in [0.25, 0.3) is 11.4 Å². The summed E-state index contributed by atoms with van der Waals surface area (Å²) in [5.41, 5.74) is 3.03. The third kappa shape index (κ3) is 4.06. The summed E-state index contributed by atoms with van der Waals surface area (Å²) >= 11 is 0. The lowest BCUT2D eigenvalue weighted by atomic mass is 9.97. The third-order valence-electron chi connectivity index (χ3n) is 5.22. The van der Waals surface area contributed by atoms with Gasteiger partial charge in [-0.3, -0.25) is 0 Å². The molecule has 1 aliphatic rings. The van der Waals surface area contributed by atoms with E-state index in [2.05, 4.69) is 22.4 Å². The number of rotatable bonds is 4. The molecule has 28 heavy (non-hydrogen) atoms. The van der Waals surface area contributed by atoms with Gasteiger partial charge < -0.3 is 14.7 Å². The molecule has 4 rings (SSSR count). The first kappa shape index (κ1) is 18.2. The Morgan fingerprint density at radius 3 is 2.50 bits per heavy atom. The van der Waals surface area contributed by atoms with E-state index in [9.17, 15) is 4.79 Å². The highest BCUT2D eigenvalue weighted by Crippen LogP contribution is 2.28. The summed E-state index contributed by atoms with van der Waals surface area (Å²) in [4.78, 5) is 18.9. The van der Waals surface area contributed by atoms with Crippen LogP contribution in [-0.2, 0) is 6.42 Å². The molecule has 0 unspecified atom stereocenters. The predicted octanol–water partition coefficient (Wildman–Crippen LogP) is 4.71. The second-order valence-electron chi connectivity index (χ2n) is 7.06. The molecule has 0 atom stereocenters. The molecule has 0 aliphatic carbocycles. The van der Waals surface area contributed by atoms with Crippen LogP contribution in [0.15, 0.2) is 59.1 Å². The van der Waals surface area contributed by atoms with Gasteiger partial charge in [0.25, 0.3) is 0 Å². The lowest BCUT2D eigenvalue weighted by molar-refractivity contribution is 0.187. The molecule has 1 aliphatic heterocycles. The van der Waals surface area contributed by atoms with Gasteiger partial charge in [0.1, 0.15) is 0 Å². The first-order chi connectivity index (χ1) is 13.7. The Bertz CT molecular complexity index is 913. The predicted molar refractivity (Wildman–Crippen MR) is 108 cm³/mol. The molecule has 1 saturated heterocycles. The number of nitrogens with zero attached hydrogens (tertiary/aromatic N) is 3. The highest BCUT2D eigenvalue weighted by Gasteiger charge is 2.27. The van der Waals surface area contributed by atoms with Crippen LogP contribution in [-0.4, -0.2) is 34.2 Å². The number of amides is 2. The van der Waals surface area contributed by atoms with E-state index < -0.39 is 0 Å². The van der Waals surface area contributed by atoms with Crippen LogP contribution < -0.4 is 5.32 Å². The van der Waals surface area contributed by atoms with E-state index in [-0.39, 0.29) is 11.9 Å². The standard InChI is InChI=1S/C22H24N4O2/c1-2-16-8-10-19(11-9-16)23-22(27)26-14-12-18(13-15-26)21-24-20(25-28-21)17-6-4-3-5-7-17/h3-11,18H,2,12-15H2,1H3,(H,23,27). The summed E-state index contributed by atoms with van der Waals surface area (Å²) in [5, 5.41) is 7.09. The number of benzene rings is 2. The van der Waals surface area contributed by atoms with Gasteiger partial charge in [0, 0.05) is 30.3 Å². The molecule has 1 fully saturated rings. The van der Waals surface area contributed by atoms with Gasteiger partial charge in [-0.1, -0.05) is 54.5 Å². The molecule has 3 aromatic rings. The molecule has 2 heterocycles. The van der Waals surface area contributed by atoms with Crippen LogP contribution in [0.4, 0.5) is 10.5 Å². The van der Waals surface area contributed by atoms with Crippen LogP contribution in [0.3, 0.4) is 0 Å². The van der Waals surface area contributed by atoms with Crippen molar-refractivity contribution >= 4 is 11.7 Å². The van der Waals surface area contributed by atoms with Gasteiger partial charge in [-0.15, -0.1) is 0 Å². The molecule has 144 valence electrons. The molecule has 1 aromatic heterocycles. The normalized spacial score (nSPS) is 14.8. The van der Waals surface area contributed by atoms with E-state index in [0.717, 1.165) is 30.5 Å². The summed E-state index contributed by atoms with van der Waals surface area (Å²) in [6, 6.07) is 17.7. The van der Waals surface area contributed by atoms with Crippen LogP contribution >= 0.6 is 0 Å². The molecular weight excluding hydrogens is 352 g/mol. The van der Waals surface area contributed by atoms with E-state index >= 15 is 0 Å². The number of carbonyl (C=O) groups is 1. The summed E-state index contributed by atoms with van der Waals surface area (Å²) in [6.45, 7) is 3.46. The number of carbonyl (C=O) groups excluding carboxylic acids is 1. The number of hydrogen-bond acceptors (Lipinski definition) is 4. The van der Waals surface area contributed by atoms with Crippen molar-refractivity contribution in [1.29, 1.82) is 0 Å². The quantitative estimate of drug-likeness (QED) is 0.716. The van der Waals surface area contributed by atoms with Crippen LogP contribution in [0.2, 0.25) is 0 Å². The number of piperidine rings is 1. The maximum absolute atomic E-state index is 12.5. The van der Waals surface area contributed by atoms with Crippen molar-refractivity contribution in [2.45, 2.75) is 32.1 Å². The van der Waals surface area contributed by atoms with Crippen molar-refractivity contribution in [2.75, 3.05) is 18.4 Å². The lowest BCUT2D eigenvalue weighted by Gasteiger charge is -2.30. The first-order valence-electron chi connectivity index (χ1n) is 9.77. The Kier molecular flexibility index (Phi) is 5.37. The fraction of sp³-hybridized carbons (Fsp3) is 0.318. The minimum Gasteiger partial charge on any atom is -0.339 e. The number of anilines is 1. The average molecular weight is 376 g/mol. The van der Waals surface area contributed by atoms with Crippen LogP contribution in [0.5, 0.6) is 0 Å². The molecule has 0 spiro atoms. The van der Waals surface area contributed by atoms with E-state index in [0.29, 0.717) is 24.8 Å². The first-order valence-corrected chi connectivity index (χ1v) is 9.77. The minimum atomic E-state index is -0.0572. The second kappa shape index (κ2) is 8.25. The average Bonchev–Trinajstić information content (AvgIpc) is 3.25. The number of aryl methyl sites for hydroxylation is 1. The highest BCUT2D eigenvalue weighted by molar-refractivity contribution is 5.89. The Balaban J connectivity index is 1.33. The monoisotopic (exact) mass is 376 g/mol. The van der Waals surface area contributed by atoms with Gasteiger partial charge >= 0.3 is 6.03 Å². The van der Waals surface area contributed by atoms with E-state index in [1.165, 1.54) is 5.56 Å². The molecule has 0 radical (unpaired) electrons. The number of likely N-dealkylation sites (tertiary alicyclic amines) is 1. The fourth-order valence-corrected chi connectivity index (χ4v) is 3.46. The Morgan fingerprint density at radius 1 is 1.11 bits per heavy atom. The van der Waals surface area contributed by atoms with Crippen LogP contribution in [0.1, 0.15) is 37.1 Å². The molecule has 0 saturated carbocycles. The lowest BCUT2D eigenvalue weighted by Crippen LogP contribution is -2.40. The van der Waals surface area contributed by atoms with Gasteiger partial charge in [-0.2, -0.15) is 4.98 Å². The summed E-state index contributed by atoms with van der Waals surface area (Å²) in [6.07, 6.45) is 2.63. The van der Waals surface area contributed by atoms with Gasteiger partial charge in [0.05, 0.1) is 0 Å². The van der Waals surface area contributed by atoms with E-state index in [1.54, 1.807) is 0 Å².